The van der Waals surface area contributed by atoms with Gasteiger partial charge < -0.3 is 5.32 Å². The summed E-state index contributed by atoms with van der Waals surface area (Å²) in [6, 6.07) is 12.7. The molecule has 2 aromatic carbocycles. The van der Waals surface area contributed by atoms with E-state index in [9.17, 15) is 14.4 Å². The highest BCUT2D eigenvalue weighted by atomic mass is 35.5. The number of amides is 3. The van der Waals surface area contributed by atoms with Gasteiger partial charge in [-0.25, -0.2) is 0 Å². The van der Waals surface area contributed by atoms with Crippen LogP contribution in [0.5, 0.6) is 0 Å². The van der Waals surface area contributed by atoms with Crippen LogP contribution in [0.4, 0.5) is 5.69 Å². The van der Waals surface area contributed by atoms with Gasteiger partial charge in [0.25, 0.3) is 0 Å². The molecule has 1 aromatic heterocycles. The van der Waals surface area contributed by atoms with E-state index in [0.717, 1.165) is 16.8 Å². The summed E-state index contributed by atoms with van der Waals surface area (Å²) in [5.41, 5.74) is 3.25. The molecule has 0 atom stereocenters. The summed E-state index contributed by atoms with van der Waals surface area (Å²) in [6.07, 6.45) is 2.13. The van der Waals surface area contributed by atoms with Crippen LogP contribution >= 0.6 is 23.4 Å². The third-order valence-electron chi connectivity index (χ3n) is 5.02. The summed E-state index contributed by atoms with van der Waals surface area (Å²) in [5, 5.41) is 12.1. The Hall–Kier alpha value is -3.17. The van der Waals surface area contributed by atoms with Crippen LogP contribution in [0.3, 0.4) is 0 Å². The van der Waals surface area contributed by atoms with Crippen molar-refractivity contribution in [2.45, 2.75) is 31.5 Å². The Labute approximate surface area is 194 Å². The van der Waals surface area contributed by atoms with Crippen LogP contribution in [-0.4, -0.2) is 43.1 Å². The molecule has 0 spiro atoms. The third-order valence-corrected chi connectivity index (χ3v) is 6.37. The van der Waals surface area contributed by atoms with Gasteiger partial charge in [0.05, 0.1) is 18.0 Å². The maximum absolute atomic E-state index is 12.4. The normalized spacial score (nSPS) is 13.6. The second-order valence-electron chi connectivity index (χ2n) is 7.32. The highest BCUT2D eigenvalue weighted by Crippen LogP contribution is 2.24. The molecule has 0 radical (unpaired) electrons. The minimum absolute atomic E-state index is 0.148. The molecule has 4 rings (SSSR count). The zero-order chi connectivity index (χ0) is 22.7. The van der Waals surface area contributed by atoms with E-state index < -0.39 is 0 Å². The fraction of sp³-hybridized carbons (Fsp3) is 0.227. The average Bonchev–Trinajstić information content (AvgIpc) is 3.37. The van der Waals surface area contributed by atoms with Crippen molar-refractivity contribution in [3.8, 4) is 5.69 Å². The number of rotatable bonds is 7. The molecule has 1 aliphatic rings. The van der Waals surface area contributed by atoms with E-state index in [0.29, 0.717) is 15.9 Å². The lowest BCUT2D eigenvalue weighted by molar-refractivity contribution is -0.139. The molecule has 8 nitrogen and oxygen atoms in total. The van der Waals surface area contributed by atoms with E-state index in [-0.39, 0.29) is 42.9 Å². The maximum atomic E-state index is 12.4. The number of nitrogens with one attached hydrogen (secondary N) is 1. The number of carbonyl (C=O) groups excluding carboxylic acids is 3. The molecule has 2 heterocycles. The molecule has 0 unspecified atom stereocenters. The SMILES string of the molecule is Cc1ccc(-n2cnnc2SCC(=O)Nc2ccc(CN3C(=O)CCC3=O)cc2)cc1Cl. The van der Waals surface area contributed by atoms with E-state index in [1.807, 2.05) is 25.1 Å². The van der Waals surface area contributed by atoms with Crippen LogP contribution in [0.15, 0.2) is 53.9 Å². The van der Waals surface area contributed by atoms with Gasteiger partial charge in [0.15, 0.2) is 5.16 Å². The number of thioether (sulfide) groups is 1. The molecule has 1 N–H and O–H groups in total. The van der Waals surface area contributed by atoms with Gasteiger partial charge in [0.1, 0.15) is 6.33 Å². The number of halogens is 1. The van der Waals surface area contributed by atoms with Crippen molar-refractivity contribution < 1.29 is 14.4 Å². The van der Waals surface area contributed by atoms with Crippen molar-refractivity contribution in [3.63, 3.8) is 0 Å². The molecule has 3 amide bonds. The van der Waals surface area contributed by atoms with Crippen molar-refractivity contribution >= 4 is 46.8 Å². The molecule has 1 aliphatic heterocycles. The lowest BCUT2D eigenvalue weighted by Crippen LogP contribution is -2.28. The number of imide groups is 1. The highest BCUT2D eigenvalue weighted by molar-refractivity contribution is 7.99. The lowest BCUT2D eigenvalue weighted by Gasteiger charge is -2.14. The Morgan fingerprint density at radius 3 is 2.53 bits per heavy atom. The molecule has 3 aromatic rings. The van der Waals surface area contributed by atoms with E-state index in [2.05, 4.69) is 15.5 Å². The molecule has 32 heavy (non-hydrogen) atoms. The fourth-order valence-electron chi connectivity index (χ4n) is 3.23. The van der Waals surface area contributed by atoms with Gasteiger partial charge >= 0.3 is 0 Å². The maximum Gasteiger partial charge on any atom is 0.234 e. The molecule has 164 valence electrons. The predicted molar refractivity (Wildman–Crippen MR) is 122 cm³/mol. The van der Waals surface area contributed by atoms with Crippen molar-refractivity contribution in [1.82, 2.24) is 19.7 Å². The quantitative estimate of drug-likeness (QED) is 0.419. The standard InChI is InChI=1S/C22H20ClN5O3S/c1-14-2-7-17(10-18(14)23)28-13-24-26-22(28)32-12-19(29)25-16-5-3-15(4-6-16)11-27-20(30)8-9-21(27)31/h2-7,10,13H,8-9,11-12H2,1H3,(H,25,29). The van der Waals surface area contributed by atoms with Gasteiger partial charge in [-0.3, -0.25) is 23.9 Å². The number of carbonyl (C=O) groups is 3. The minimum Gasteiger partial charge on any atom is -0.325 e. The van der Waals surface area contributed by atoms with Gasteiger partial charge in [0, 0.05) is 23.6 Å². The van der Waals surface area contributed by atoms with E-state index in [4.69, 9.17) is 11.6 Å². The minimum atomic E-state index is -0.191. The number of likely N-dealkylation sites (tertiary alicyclic amines) is 1. The molecule has 1 saturated heterocycles. The number of hydrogen-bond donors (Lipinski definition) is 1. The first kappa shape index (κ1) is 22.0. The number of aryl methyl sites for hydroxylation is 1. The van der Waals surface area contributed by atoms with E-state index in [1.54, 1.807) is 35.2 Å². The van der Waals surface area contributed by atoms with Crippen LogP contribution in [0.2, 0.25) is 5.02 Å². The number of nitrogens with zero attached hydrogens (tertiary/aromatic N) is 4. The molecule has 1 fully saturated rings. The molecule has 0 aliphatic carbocycles. The highest BCUT2D eigenvalue weighted by Gasteiger charge is 2.28. The van der Waals surface area contributed by atoms with Gasteiger partial charge in [-0.05, 0) is 42.3 Å². The van der Waals surface area contributed by atoms with Crippen molar-refractivity contribution in [2.75, 3.05) is 11.1 Å². The summed E-state index contributed by atoms with van der Waals surface area (Å²) >= 11 is 7.48. The van der Waals surface area contributed by atoms with Crippen molar-refractivity contribution in [1.29, 1.82) is 0 Å². The van der Waals surface area contributed by atoms with E-state index in [1.165, 1.54) is 16.7 Å². The number of hydrogen-bond acceptors (Lipinski definition) is 6. The molecular weight excluding hydrogens is 450 g/mol. The van der Waals surface area contributed by atoms with Crippen LogP contribution < -0.4 is 5.32 Å². The summed E-state index contributed by atoms with van der Waals surface area (Å²) in [7, 11) is 0. The van der Waals surface area contributed by atoms with Crippen LogP contribution in [-0.2, 0) is 20.9 Å². The summed E-state index contributed by atoms with van der Waals surface area (Å²) in [5.74, 6) is -0.337. The first-order chi connectivity index (χ1) is 15.4. The first-order valence-electron chi connectivity index (χ1n) is 9.92. The topological polar surface area (TPSA) is 97.2 Å². The van der Waals surface area contributed by atoms with Gasteiger partial charge in [-0.2, -0.15) is 0 Å². The molecule has 0 bridgehead atoms. The largest absolute Gasteiger partial charge is 0.325 e. The summed E-state index contributed by atoms with van der Waals surface area (Å²) in [4.78, 5) is 37.2. The monoisotopic (exact) mass is 469 g/mol. The first-order valence-corrected chi connectivity index (χ1v) is 11.3. The van der Waals surface area contributed by atoms with Gasteiger partial charge in [-0.15, -0.1) is 10.2 Å². The van der Waals surface area contributed by atoms with Crippen LogP contribution in [0.25, 0.3) is 5.69 Å². The predicted octanol–water partition coefficient (Wildman–Crippen LogP) is 3.61. The summed E-state index contributed by atoms with van der Waals surface area (Å²) in [6.45, 7) is 2.18. The molecule has 10 heteroatoms. The van der Waals surface area contributed by atoms with E-state index >= 15 is 0 Å². The van der Waals surface area contributed by atoms with Crippen LogP contribution in [0.1, 0.15) is 24.0 Å². The van der Waals surface area contributed by atoms with Crippen molar-refractivity contribution in [2.24, 2.45) is 0 Å². The second kappa shape index (κ2) is 9.54. The number of benzene rings is 2. The lowest BCUT2D eigenvalue weighted by atomic mass is 10.2. The smallest absolute Gasteiger partial charge is 0.234 e. The van der Waals surface area contributed by atoms with Gasteiger partial charge in [-0.1, -0.05) is 41.6 Å². The fourth-order valence-corrected chi connectivity index (χ4v) is 4.14. The molecular formula is C22H20ClN5O3S. The van der Waals surface area contributed by atoms with Crippen molar-refractivity contribution in [3.05, 3.63) is 64.9 Å². The Balaban J connectivity index is 1.33. The zero-order valence-electron chi connectivity index (χ0n) is 17.2. The zero-order valence-corrected chi connectivity index (χ0v) is 18.8. The Morgan fingerprint density at radius 1 is 1.12 bits per heavy atom. The number of anilines is 1. The Morgan fingerprint density at radius 2 is 1.84 bits per heavy atom. The number of aromatic nitrogens is 3. The third kappa shape index (κ3) is 5.00. The second-order valence-corrected chi connectivity index (χ2v) is 8.67. The van der Waals surface area contributed by atoms with Gasteiger partial charge in [0.2, 0.25) is 17.7 Å². The summed E-state index contributed by atoms with van der Waals surface area (Å²) < 4.78 is 1.78. The van der Waals surface area contributed by atoms with Crippen LogP contribution in [0, 0.1) is 6.92 Å². The Kier molecular flexibility index (Phi) is 6.57. The average molecular weight is 470 g/mol. The molecule has 0 saturated carbocycles. The Bertz CT molecular complexity index is 1160.